The van der Waals surface area contributed by atoms with Crippen molar-refractivity contribution in [1.82, 2.24) is 9.97 Å². The summed E-state index contributed by atoms with van der Waals surface area (Å²) in [4.78, 5) is 9.35. The van der Waals surface area contributed by atoms with Crippen molar-refractivity contribution in [2.75, 3.05) is 0 Å². The Morgan fingerprint density at radius 1 is 0.529 bits per heavy atom. The van der Waals surface area contributed by atoms with Gasteiger partial charge < -0.3 is 0 Å². The van der Waals surface area contributed by atoms with Gasteiger partial charge in [-0.25, -0.2) is 9.97 Å². The van der Waals surface area contributed by atoms with Crippen LogP contribution in [0.25, 0.3) is 11.4 Å². The molecule has 0 radical (unpaired) electrons. The summed E-state index contributed by atoms with van der Waals surface area (Å²) in [5.74, 6) is 18.5. The van der Waals surface area contributed by atoms with E-state index in [1.807, 2.05) is 36.4 Å². The number of nitrogens with zero attached hydrogens (tertiary/aromatic N) is 2. The fourth-order valence-corrected chi connectivity index (χ4v) is 8.56. The quantitative estimate of drug-likeness (QED) is 0.316. The Labute approximate surface area is 209 Å². The third-order valence-electron chi connectivity index (χ3n) is 6.98. The van der Waals surface area contributed by atoms with Crippen molar-refractivity contribution >= 4 is 16.1 Å². The molecule has 0 bridgehead atoms. The second-order valence-electron chi connectivity index (χ2n) is 8.50. The van der Waals surface area contributed by atoms with E-state index in [-0.39, 0.29) is 0 Å². The predicted octanol–water partition coefficient (Wildman–Crippen LogP) is 6.95. The molecule has 2 aromatic rings. The third kappa shape index (κ3) is 7.50. The van der Waals surface area contributed by atoms with Crippen LogP contribution in [-0.4, -0.2) is 26.1 Å². The minimum absolute atomic E-state index is 0.702. The molecular weight excluding hydrogens is 445 g/mol. The van der Waals surface area contributed by atoms with Crippen LogP contribution in [0.2, 0.25) is 36.3 Å². The van der Waals surface area contributed by atoms with Crippen molar-refractivity contribution in [3.8, 4) is 58.0 Å². The Bertz CT molecular complexity index is 1090. The topological polar surface area (TPSA) is 25.8 Å². The van der Waals surface area contributed by atoms with E-state index in [1.54, 1.807) is 0 Å². The lowest BCUT2D eigenvalue weighted by atomic mass is 10.2. The Hall–Kier alpha value is -3.03. The summed E-state index contributed by atoms with van der Waals surface area (Å²) in [6, 6.07) is 18.7. The van der Waals surface area contributed by atoms with Crippen LogP contribution >= 0.6 is 0 Å². The molecule has 0 fully saturated rings. The molecule has 0 aliphatic heterocycles. The smallest absolute Gasteiger partial charge is 0.139 e. The summed E-state index contributed by atoms with van der Waals surface area (Å²) in [6.45, 7) is 13.5. The van der Waals surface area contributed by atoms with E-state index in [4.69, 9.17) is 0 Å². The van der Waals surface area contributed by atoms with Crippen LogP contribution in [0.15, 0.2) is 36.4 Å². The maximum absolute atomic E-state index is 4.68. The van der Waals surface area contributed by atoms with Gasteiger partial charge >= 0.3 is 0 Å². The number of hydrogen-bond acceptors (Lipinski definition) is 2. The highest BCUT2D eigenvalue weighted by atomic mass is 28.3. The summed E-state index contributed by atoms with van der Waals surface area (Å²) in [7, 11) is -2.94. The molecule has 0 aromatic carbocycles. The molecule has 0 atom stereocenters. The van der Waals surface area contributed by atoms with Gasteiger partial charge in [-0.1, -0.05) is 53.7 Å². The monoisotopic (exact) mass is 480 g/mol. The summed E-state index contributed by atoms with van der Waals surface area (Å²) < 4.78 is 0. The van der Waals surface area contributed by atoms with Gasteiger partial charge in [-0.15, -0.1) is 11.1 Å². The molecule has 0 saturated heterocycles. The zero-order chi connectivity index (χ0) is 24.9. The van der Waals surface area contributed by atoms with Gasteiger partial charge in [0.15, 0.2) is 0 Å². The van der Waals surface area contributed by atoms with Gasteiger partial charge in [0, 0.05) is 0 Å². The van der Waals surface area contributed by atoms with Gasteiger partial charge in [-0.05, 0) is 96.1 Å². The van der Waals surface area contributed by atoms with Crippen LogP contribution in [0.1, 0.15) is 52.9 Å². The van der Waals surface area contributed by atoms with Gasteiger partial charge in [-0.2, -0.15) is 0 Å². The van der Waals surface area contributed by atoms with Gasteiger partial charge in [0.1, 0.15) is 27.5 Å². The predicted molar refractivity (Wildman–Crippen MR) is 151 cm³/mol. The second-order valence-corrected chi connectivity index (χ2v) is 18.4. The van der Waals surface area contributed by atoms with Crippen molar-refractivity contribution in [1.29, 1.82) is 0 Å². The van der Waals surface area contributed by atoms with E-state index in [9.17, 15) is 0 Å². The maximum atomic E-state index is 4.68. The van der Waals surface area contributed by atoms with Gasteiger partial charge in [0.25, 0.3) is 0 Å². The molecule has 2 nitrogen and oxygen atoms in total. The first-order chi connectivity index (χ1) is 16.5. The molecule has 2 aromatic heterocycles. The van der Waals surface area contributed by atoms with Crippen LogP contribution in [0, 0.1) is 46.6 Å². The van der Waals surface area contributed by atoms with Crippen LogP contribution < -0.4 is 0 Å². The van der Waals surface area contributed by atoms with Crippen LogP contribution in [0.5, 0.6) is 0 Å². The summed E-state index contributed by atoms with van der Waals surface area (Å²) in [6.07, 6.45) is 0. The number of pyridine rings is 2. The maximum Gasteiger partial charge on any atom is 0.139 e. The number of aromatic nitrogens is 2. The van der Waals surface area contributed by atoms with Crippen LogP contribution in [0.3, 0.4) is 0 Å². The first-order valence-electron chi connectivity index (χ1n) is 12.5. The molecule has 34 heavy (non-hydrogen) atoms. The molecule has 0 spiro atoms. The van der Waals surface area contributed by atoms with Gasteiger partial charge in [0.2, 0.25) is 0 Å². The molecule has 0 aliphatic carbocycles. The fourth-order valence-electron chi connectivity index (χ4n) is 3.84. The van der Waals surface area contributed by atoms with Gasteiger partial charge in [-0.3, -0.25) is 0 Å². The average molecular weight is 481 g/mol. The van der Waals surface area contributed by atoms with Crippen LogP contribution in [-0.2, 0) is 0 Å². The third-order valence-corrected chi connectivity index (χ3v) is 16.4. The van der Waals surface area contributed by atoms with Crippen molar-refractivity contribution < 1.29 is 0 Å². The number of hydrogen-bond donors (Lipinski definition) is 0. The Morgan fingerprint density at radius 3 is 1.21 bits per heavy atom. The molecule has 4 heteroatoms. The zero-order valence-corrected chi connectivity index (χ0v) is 23.6. The molecule has 0 aliphatic rings. The fraction of sp³-hybridized carbons (Fsp3) is 0.400. The molecule has 2 rings (SSSR count). The zero-order valence-electron chi connectivity index (χ0n) is 21.6. The van der Waals surface area contributed by atoms with E-state index < -0.39 is 16.1 Å². The molecule has 0 saturated carbocycles. The first-order valence-corrected chi connectivity index (χ1v) is 17.7. The number of rotatable bonds is 7. The first kappa shape index (κ1) is 27.2. The lowest BCUT2D eigenvalue weighted by molar-refractivity contribution is 1.20. The molecule has 0 amide bonds. The largest absolute Gasteiger partial charge is 0.238 e. The van der Waals surface area contributed by atoms with E-state index >= 15 is 0 Å². The molecular formula is C30H36N2Si2. The highest BCUT2D eigenvalue weighted by Gasteiger charge is 2.24. The van der Waals surface area contributed by atoms with Gasteiger partial charge in [0.05, 0.1) is 11.4 Å². The van der Waals surface area contributed by atoms with Crippen molar-refractivity contribution in [2.24, 2.45) is 0 Å². The lowest BCUT2D eigenvalue weighted by Gasteiger charge is -2.19. The molecule has 174 valence electrons. The SMILES string of the molecule is CC[Si](C#CC#Cc1cccc(-c2cccc(C#CC#C[Si](CC)(CC)CC)n2)n1)(CC)CC. The Kier molecular flexibility index (Phi) is 10.9. The average Bonchev–Trinajstić information content (AvgIpc) is 2.90. The summed E-state index contributed by atoms with van der Waals surface area (Å²) >= 11 is 0. The normalized spacial score (nSPS) is 10.4. The van der Waals surface area contributed by atoms with E-state index in [0.717, 1.165) is 11.4 Å². The molecule has 0 N–H and O–H groups in total. The Morgan fingerprint density at radius 2 is 0.882 bits per heavy atom. The standard InChI is InChI=1S/C30H36N2Si2/c1-7-33(8-2,9-3)25-15-13-19-27-21-17-23-29(31-27)30-24-18-22-28(32-30)20-14-16-26-34(10-4,11-5)12-6/h17-18,21-24H,7-12H2,1-6H3. The Balaban J connectivity index is 2.24. The van der Waals surface area contributed by atoms with E-state index in [1.165, 1.54) is 36.3 Å². The highest BCUT2D eigenvalue weighted by Crippen LogP contribution is 2.19. The minimum atomic E-state index is -1.47. The van der Waals surface area contributed by atoms with E-state index in [2.05, 4.69) is 98.1 Å². The molecule has 0 unspecified atom stereocenters. The summed E-state index contributed by atoms with van der Waals surface area (Å²) in [5, 5.41) is 0. The highest BCUT2D eigenvalue weighted by molar-refractivity contribution is 6.87. The van der Waals surface area contributed by atoms with Crippen molar-refractivity contribution in [3.05, 3.63) is 47.8 Å². The van der Waals surface area contributed by atoms with Crippen molar-refractivity contribution in [2.45, 2.75) is 77.8 Å². The summed E-state index contributed by atoms with van der Waals surface area (Å²) in [5.41, 5.74) is 9.97. The van der Waals surface area contributed by atoms with E-state index in [0.29, 0.717) is 11.4 Å². The van der Waals surface area contributed by atoms with Crippen LogP contribution in [0.4, 0.5) is 0 Å². The minimum Gasteiger partial charge on any atom is -0.238 e. The molecule has 2 heterocycles. The lowest BCUT2D eigenvalue weighted by Crippen LogP contribution is -2.29. The second kappa shape index (κ2) is 13.6. The van der Waals surface area contributed by atoms with Crippen molar-refractivity contribution in [3.63, 3.8) is 0 Å².